The van der Waals surface area contributed by atoms with E-state index in [1.54, 1.807) is 6.26 Å². The zero-order valence-electron chi connectivity index (χ0n) is 5.75. The molecule has 2 atom stereocenters. The van der Waals surface area contributed by atoms with Gasteiger partial charge in [0, 0.05) is 6.20 Å². The van der Waals surface area contributed by atoms with E-state index in [1.807, 2.05) is 18.0 Å². The molecule has 2 aliphatic rings. The molecule has 56 valence electrons. The Bertz CT molecular complexity index is 135. The molecule has 0 saturated carbocycles. The molecule has 0 aromatic heterocycles. The van der Waals surface area contributed by atoms with Gasteiger partial charge >= 0.3 is 0 Å². The maximum atomic E-state index is 5.32. The van der Waals surface area contributed by atoms with Crippen molar-refractivity contribution in [1.82, 2.24) is 5.32 Å². The third-order valence-electron chi connectivity index (χ3n) is 1.86. The fourth-order valence-corrected chi connectivity index (χ4v) is 2.62. The second kappa shape index (κ2) is 2.74. The van der Waals surface area contributed by atoms with Crippen molar-refractivity contribution < 1.29 is 4.74 Å². The third kappa shape index (κ3) is 1.10. The Morgan fingerprint density at radius 1 is 1.60 bits per heavy atom. The van der Waals surface area contributed by atoms with Crippen molar-refractivity contribution >= 4 is 11.8 Å². The number of rotatable bonds is 1. The predicted molar refractivity (Wildman–Crippen MR) is 42.6 cm³/mol. The van der Waals surface area contributed by atoms with Crippen LogP contribution in [0.4, 0.5) is 0 Å². The van der Waals surface area contributed by atoms with E-state index in [0.29, 0.717) is 5.25 Å². The molecule has 0 spiro atoms. The van der Waals surface area contributed by atoms with Gasteiger partial charge < -0.3 is 10.1 Å². The summed E-state index contributed by atoms with van der Waals surface area (Å²) in [5.74, 6) is 1.30. The number of hydrogen-bond donors (Lipinski definition) is 1. The molecule has 0 aromatic carbocycles. The molecule has 0 radical (unpaired) electrons. The highest BCUT2D eigenvalue weighted by Gasteiger charge is 2.26. The Morgan fingerprint density at radius 3 is 3.20 bits per heavy atom. The summed E-state index contributed by atoms with van der Waals surface area (Å²) in [7, 11) is 0. The Labute approximate surface area is 65.0 Å². The lowest BCUT2D eigenvalue weighted by Gasteiger charge is -2.16. The van der Waals surface area contributed by atoms with E-state index >= 15 is 0 Å². The van der Waals surface area contributed by atoms with Crippen molar-refractivity contribution in [2.45, 2.75) is 24.3 Å². The number of ether oxygens (including phenoxy) is 1. The van der Waals surface area contributed by atoms with E-state index in [0.717, 1.165) is 0 Å². The van der Waals surface area contributed by atoms with Crippen LogP contribution in [-0.2, 0) is 4.74 Å². The molecule has 1 fully saturated rings. The summed E-state index contributed by atoms with van der Waals surface area (Å²) in [5.41, 5.74) is 0. The normalized spacial score (nSPS) is 37.6. The minimum Gasteiger partial charge on any atom is -0.476 e. The van der Waals surface area contributed by atoms with Gasteiger partial charge in [-0.3, -0.25) is 0 Å². The fraction of sp³-hybridized carbons (Fsp3) is 0.714. The van der Waals surface area contributed by atoms with Crippen molar-refractivity contribution in [3.8, 4) is 0 Å². The van der Waals surface area contributed by atoms with Gasteiger partial charge in [-0.15, -0.1) is 0 Å². The summed E-state index contributed by atoms with van der Waals surface area (Å²) in [4.78, 5) is 0. The molecule has 10 heavy (non-hydrogen) atoms. The average Bonchev–Trinajstić information content (AvgIpc) is 2.59. The van der Waals surface area contributed by atoms with Gasteiger partial charge in [-0.25, -0.2) is 0 Å². The summed E-state index contributed by atoms with van der Waals surface area (Å²) in [6.07, 6.45) is 6.51. The molecule has 2 heterocycles. The molecule has 3 heteroatoms. The molecule has 2 rings (SSSR count). The van der Waals surface area contributed by atoms with Crippen LogP contribution in [0, 0.1) is 0 Å². The molecule has 2 nitrogen and oxygen atoms in total. The maximum absolute atomic E-state index is 5.32. The van der Waals surface area contributed by atoms with E-state index in [2.05, 4.69) is 5.32 Å². The van der Waals surface area contributed by atoms with Crippen LogP contribution in [0.5, 0.6) is 0 Å². The Hall–Kier alpha value is -0.310. The second-order valence-corrected chi connectivity index (χ2v) is 3.92. The highest BCUT2D eigenvalue weighted by atomic mass is 32.2. The number of hydrogen-bond acceptors (Lipinski definition) is 3. The average molecular weight is 157 g/mol. The van der Waals surface area contributed by atoms with Crippen LogP contribution in [0.1, 0.15) is 12.8 Å². The van der Waals surface area contributed by atoms with Crippen molar-refractivity contribution in [2.75, 3.05) is 5.75 Å². The highest BCUT2D eigenvalue weighted by molar-refractivity contribution is 8.00. The Morgan fingerprint density at radius 2 is 2.60 bits per heavy atom. The van der Waals surface area contributed by atoms with Crippen LogP contribution < -0.4 is 5.32 Å². The quantitative estimate of drug-likeness (QED) is 0.620. The molecule has 1 saturated heterocycles. The van der Waals surface area contributed by atoms with Gasteiger partial charge in [0.05, 0.1) is 5.25 Å². The van der Waals surface area contributed by atoms with Gasteiger partial charge in [0.1, 0.15) is 6.26 Å². The zero-order chi connectivity index (χ0) is 6.81. The first-order valence-corrected chi connectivity index (χ1v) is 4.70. The first-order chi connectivity index (χ1) is 4.97. The molecule has 1 N–H and O–H groups in total. The van der Waals surface area contributed by atoms with E-state index in [1.165, 1.54) is 18.6 Å². The van der Waals surface area contributed by atoms with Crippen LogP contribution in [0.15, 0.2) is 12.5 Å². The lowest BCUT2D eigenvalue weighted by molar-refractivity contribution is 0.148. The van der Waals surface area contributed by atoms with Gasteiger partial charge in [0.2, 0.25) is 0 Å². The Kier molecular flexibility index (Phi) is 1.76. The first-order valence-electron chi connectivity index (χ1n) is 3.65. The second-order valence-electron chi connectivity index (χ2n) is 2.58. The monoisotopic (exact) mass is 157 g/mol. The van der Waals surface area contributed by atoms with Gasteiger partial charge in [-0.1, -0.05) is 0 Å². The SMILES string of the molecule is C1=COC(C2CCCS2)N1. The van der Waals surface area contributed by atoms with Crippen molar-refractivity contribution in [3.63, 3.8) is 0 Å². The van der Waals surface area contributed by atoms with Crippen molar-refractivity contribution in [2.24, 2.45) is 0 Å². The summed E-state index contributed by atoms with van der Waals surface area (Å²) in [6, 6.07) is 0. The summed E-state index contributed by atoms with van der Waals surface area (Å²) in [6.45, 7) is 0. The van der Waals surface area contributed by atoms with Gasteiger partial charge in [-0.05, 0) is 18.6 Å². The zero-order valence-corrected chi connectivity index (χ0v) is 6.56. The fourth-order valence-electron chi connectivity index (χ4n) is 1.33. The van der Waals surface area contributed by atoms with Crippen molar-refractivity contribution in [1.29, 1.82) is 0 Å². The molecular weight excluding hydrogens is 146 g/mol. The molecule has 2 aliphatic heterocycles. The van der Waals surface area contributed by atoms with Crippen LogP contribution in [0.2, 0.25) is 0 Å². The standard InChI is InChI=1S/C7H11NOS/c1-2-6(10-5-1)7-8-3-4-9-7/h3-4,6-8H,1-2,5H2. The minimum atomic E-state index is 0.257. The van der Waals surface area contributed by atoms with E-state index in [9.17, 15) is 0 Å². The molecule has 2 unspecified atom stereocenters. The van der Waals surface area contributed by atoms with Gasteiger partial charge in [-0.2, -0.15) is 11.8 Å². The summed E-state index contributed by atoms with van der Waals surface area (Å²) < 4.78 is 5.32. The van der Waals surface area contributed by atoms with Crippen LogP contribution in [0.3, 0.4) is 0 Å². The van der Waals surface area contributed by atoms with E-state index in [-0.39, 0.29) is 6.23 Å². The lowest BCUT2D eigenvalue weighted by atomic mass is 10.2. The third-order valence-corrected chi connectivity index (χ3v) is 3.29. The molecule has 0 amide bonds. The van der Waals surface area contributed by atoms with Gasteiger partial charge in [0.15, 0.2) is 6.23 Å². The predicted octanol–water partition coefficient (Wildman–Crippen LogP) is 1.30. The van der Waals surface area contributed by atoms with Crippen LogP contribution in [0.25, 0.3) is 0 Å². The smallest absolute Gasteiger partial charge is 0.180 e. The summed E-state index contributed by atoms with van der Waals surface area (Å²) >= 11 is 2.01. The van der Waals surface area contributed by atoms with E-state index < -0.39 is 0 Å². The molecule has 0 aromatic rings. The summed E-state index contributed by atoms with van der Waals surface area (Å²) in [5, 5.41) is 3.85. The van der Waals surface area contributed by atoms with Crippen LogP contribution in [-0.4, -0.2) is 17.2 Å². The topological polar surface area (TPSA) is 21.3 Å². The van der Waals surface area contributed by atoms with Crippen molar-refractivity contribution in [3.05, 3.63) is 12.5 Å². The number of nitrogens with one attached hydrogen (secondary N) is 1. The van der Waals surface area contributed by atoms with Crippen LogP contribution >= 0.6 is 11.8 Å². The first kappa shape index (κ1) is 6.40. The largest absolute Gasteiger partial charge is 0.476 e. The lowest BCUT2D eigenvalue weighted by Crippen LogP contribution is -2.31. The molecular formula is C7H11NOS. The van der Waals surface area contributed by atoms with Gasteiger partial charge in [0.25, 0.3) is 0 Å². The minimum absolute atomic E-state index is 0.257. The molecule has 0 aliphatic carbocycles. The molecule has 0 bridgehead atoms. The highest BCUT2D eigenvalue weighted by Crippen LogP contribution is 2.30. The van der Waals surface area contributed by atoms with E-state index in [4.69, 9.17) is 4.74 Å². The maximum Gasteiger partial charge on any atom is 0.180 e. The Balaban J connectivity index is 1.87. The number of thioether (sulfide) groups is 1.